The second-order valence-corrected chi connectivity index (χ2v) is 8.51. The van der Waals surface area contributed by atoms with E-state index in [0.29, 0.717) is 19.6 Å². The summed E-state index contributed by atoms with van der Waals surface area (Å²) in [7, 11) is -1.30. The van der Waals surface area contributed by atoms with Gasteiger partial charge in [-0.1, -0.05) is 0 Å². The molecule has 0 aromatic carbocycles. The van der Waals surface area contributed by atoms with Crippen LogP contribution < -0.4 is 4.90 Å². The standard InChI is InChI=1S/C15H22N4O3S/c1-3-23(21,22)18-8-6-15(11-18)12-19(14(20)10-17(15)2)13-5-4-7-16-9-13/h4-5,7,9H,3,6,8,10-12H2,1-2H3/t15-/m0/s1. The fraction of sp³-hybridized carbons (Fsp3) is 0.600. The Morgan fingerprint density at radius 1 is 1.35 bits per heavy atom. The summed E-state index contributed by atoms with van der Waals surface area (Å²) in [6, 6.07) is 3.66. The Hall–Kier alpha value is -1.51. The molecule has 1 aromatic rings. The van der Waals surface area contributed by atoms with Crippen molar-refractivity contribution >= 4 is 21.6 Å². The van der Waals surface area contributed by atoms with Gasteiger partial charge in [0.25, 0.3) is 0 Å². The van der Waals surface area contributed by atoms with Gasteiger partial charge in [-0.15, -0.1) is 0 Å². The molecule has 0 aliphatic carbocycles. The highest BCUT2D eigenvalue weighted by atomic mass is 32.2. The van der Waals surface area contributed by atoms with Crippen molar-refractivity contribution in [2.45, 2.75) is 18.9 Å². The zero-order valence-corrected chi connectivity index (χ0v) is 14.3. The van der Waals surface area contributed by atoms with Crippen LogP contribution in [-0.2, 0) is 14.8 Å². The number of pyridine rings is 1. The van der Waals surface area contributed by atoms with Crippen LogP contribution in [0, 0.1) is 0 Å². The lowest BCUT2D eigenvalue weighted by atomic mass is 9.93. The van der Waals surface area contributed by atoms with Crippen LogP contribution in [0.3, 0.4) is 0 Å². The number of sulfonamides is 1. The minimum Gasteiger partial charge on any atom is -0.308 e. The molecule has 0 saturated carbocycles. The molecule has 8 heteroatoms. The lowest BCUT2D eigenvalue weighted by molar-refractivity contribution is -0.123. The third kappa shape index (κ3) is 2.86. The Bertz CT molecular complexity index is 694. The SMILES string of the molecule is CCS(=O)(=O)N1CC[C@@]2(CN(c3cccnc3)C(=O)CN2C)C1. The van der Waals surface area contributed by atoms with Crippen LogP contribution in [0.5, 0.6) is 0 Å². The van der Waals surface area contributed by atoms with Crippen molar-refractivity contribution in [1.29, 1.82) is 0 Å². The Morgan fingerprint density at radius 2 is 2.13 bits per heavy atom. The minimum absolute atomic E-state index is 0.0166. The van der Waals surface area contributed by atoms with Crippen LogP contribution >= 0.6 is 0 Å². The smallest absolute Gasteiger partial charge is 0.241 e. The molecule has 2 aliphatic rings. The molecule has 0 N–H and O–H groups in total. The summed E-state index contributed by atoms with van der Waals surface area (Å²) in [6.07, 6.45) is 4.07. The quantitative estimate of drug-likeness (QED) is 0.785. The summed E-state index contributed by atoms with van der Waals surface area (Å²) in [5.74, 6) is 0.126. The predicted octanol–water partition coefficient (Wildman–Crippen LogP) is 0.154. The first-order chi connectivity index (χ1) is 10.9. The molecule has 3 heterocycles. The highest BCUT2D eigenvalue weighted by Gasteiger charge is 2.49. The Morgan fingerprint density at radius 3 is 2.78 bits per heavy atom. The third-order valence-electron chi connectivity index (χ3n) is 4.95. The number of rotatable bonds is 3. The van der Waals surface area contributed by atoms with Gasteiger partial charge >= 0.3 is 0 Å². The molecular weight excluding hydrogens is 316 g/mol. The summed E-state index contributed by atoms with van der Waals surface area (Å²) >= 11 is 0. The maximum Gasteiger partial charge on any atom is 0.241 e. The summed E-state index contributed by atoms with van der Waals surface area (Å²) < 4.78 is 25.9. The molecule has 7 nitrogen and oxygen atoms in total. The number of nitrogens with zero attached hydrogens (tertiary/aromatic N) is 4. The highest BCUT2D eigenvalue weighted by molar-refractivity contribution is 7.89. The number of hydrogen-bond donors (Lipinski definition) is 0. The largest absolute Gasteiger partial charge is 0.308 e. The molecule has 1 aromatic heterocycles. The fourth-order valence-electron chi connectivity index (χ4n) is 3.39. The van der Waals surface area contributed by atoms with E-state index >= 15 is 0 Å². The zero-order valence-electron chi connectivity index (χ0n) is 13.5. The van der Waals surface area contributed by atoms with E-state index in [9.17, 15) is 13.2 Å². The number of likely N-dealkylation sites (N-methyl/N-ethyl adjacent to an activating group) is 1. The van der Waals surface area contributed by atoms with E-state index in [4.69, 9.17) is 0 Å². The Labute approximate surface area is 136 Å². The molecule has 2 saturated heterocycles. The van der Waals surface area contributed by atoms with Crippen molar-refractivity contribution in [3.8, 4) is 0 Å². The van der Waals surface area contributed by atoms with Gasteiger partial charge in [0.2, 0.25) is 15.9 Å². The average Bonchev–Trinajstić information content (AvgIpc) is 2.98. The van der Waals surface area contributed by atoms with Crippen LogP contribution in [0.15, 0.2) is 24.5 Å². The van der Waals surface area contributed by atoms with E-state index in [1.165, 1.54) is 0 Å². The molecule has 2 aliphatic heterocycles. The zero-order chi connectivity index (χ0) is 16.7. The van der Waals surface area contributed by atoms with Crippen LogP contribution in [0.4, 0.5) is 5.69 Å². The Balaban J connectivity index is 1.87. The molecule has 1 atom stereocenters. The minimum atomic E-state index is -3.20. The normalized spacial score (nSPS) is 27.0. The first-order valence-corrected chi connectivity index (χ1v) is 9.38. The second kappa shape index (κ2) is 5.85. The second-order valence-electron chi connectivity index (χ2n) is 6.26. The summed E-state index contributed by atoms with van der Waals surface area (Å²) in [5, 5.41) is 0. The molecule has 23 heavy (non-hydrogen) atoms. The lowest BCUT2D eigenvalue weighted by Crippen LogP contribution is -2.64. The van der Waals surface area contributed by atoms with Gasteiger partial charge < -0.3 is 4.90 Å². The van der Waals surface area contributed by atoms with Gasteiger partial charge in [0.1, 0.15) is 0 Å². The number of anilines is 1. The van der Waals surface area contributed by atoms with Gasteiger partial charge in [0, 0.05) is 25.8 Å². The number of aromatic nitrogens is 1. The van der Waals surface area contributed by atoms with E-state index in [1.807, 2.05) is 18.0 Å². The van der Waals surface area contributed by atoms with E-state index in [1.54, 1.807) is 34.6 Å². The molecule has 2 fully saturated rings. The predicted molar refractivity (Wildman–Crippen MR) is 87.6 cm³/mol. The first-order valence-electron chi connectivity index (χ1n) is 7.77. The van der Waals surface area contributed by atoms with Gasteiger partial charge in [-0.05, 0) is 32.5 Å². The van der Waals surface area contributed by atoms with Crippen molar-refractivity contribution in [1.82, 2.24) is 14.2 Å². The molecule has 0 bridgehead atoms. The Kier molecular flexibility index (Phi) is 4.16. The number of carbonyl (C=O) groups excluding carboxylic acids is 1. The highest BCUT2D eigenvalue weighted by Crippen LogP contribution is 2.34. The van der Waals surface area contributed by atoms with Crippen molar-refractivity contribution in [3.05, 3.63) is 24.5 Å². The maximum atomic E-state index is 12.4. The van der Waals surface area contributed by atoms with Gasteiger partial charge in [-0.25, -0.2) is 8.42 Å². The summed E-state index contributed by atoms with van der Waals surface area (Å²) in [6.45, 7) is 3.38. The van der Waals surface area contributed by atoms with Gasteiger partial charge in [-0.2, -0.15) is 4.31 Å². The maximum absolute atomic E-state index is 12.4. The van der Waals surface area contributed by atoms with Crippen molar-refractivity contribution in [3.63, 3.8) is 0 Å². The van der Waals surface area contributed by atoms with Crippen LogP contribution in [0.1, 0.15) is 13.3 Å². The van der Waals surface area contributed by atoms with Crippen molar-refractivity contribution < 1.29 is 13.2 Å². The summed E-state index contributed by atoms with van der Waals surface area (Å²) in [5.41, 5.74) is 0.438. The van der Waals surface area contributed by atoms with Crippen LogP contribution in [0.25, 0.3) is 0 Å². The van der Waals surface area contributed by atoms with Gasteiger partial charge in [-0.3, -0.25) is 14.7 Å². The number of amides is 1. The third-order valence-corrected chi connectivity index (χ3v) is 6.78. The number of piperazine rings is 1. The average molecular weight is 338 g/mol. The van der Waals surface area contributed by atoms with Gasteiger partial charge in [0.05, 0.1) is 29.7 Å². The summed E-state index contributed by atoms with van der Waals surface area (Å²) in [4.78, 5) is 20.2. The van der Waals surface area contributed by atoms with Crippen LogP contribution in [0.2, 0.25) is 0 Å². The monoisotopic (exact) mass is 338 g/mol. The molecule has 126 valence electrons. The van der Waals surface area contributed by atoms with E-state index in [2.05, 4.69) is 4.98 Å². The number of hydrogen-bond acceptors (Lipinski definition) is 5. The van der Waals surface area contributed by atoms with E-state index in [0.717, 1.165) is 12.1 Å². The fourth-order valence-corrected chi connectivity index (χ4v) is 4.56. The molecule has 0 radical (unpaired) electrons. The van der Waals surface area contributed by atoms with E-state index in [-0.39, 0.29) is 23.7 Å². The van der Waals surface area contributed by atoms with Gasteiger partial charge in [0.15, 0.2) is 0 Å². The van der Waals surface area contributed by atoms with Crippen molar-refractivity contribution in [2.24, 2.45) is 0 Å². The molecule has 0 unspecified atom stereocenters. The van der Waals surface area contributed by atoms with Crippen LogP contribution in [-0.4, -0.2) is 73.0 Å². The van der Waals surface area contributed by atoms with Crippen molar-refractivity contribution in [2.75, 3.05) is 43.9 Å². The molecule has 1 spiro atoms. The molecular formula is C15H22N4O3S. The topological polar surface area (TPSA) is 73.8 Å². The number of carbonyl (C=O) groups is 1. The molecule has 1 amide bonds. The first kappa shape index (κ1) is 16.4. The molecule has 3 rings (SSSR count). The lowest BCUT2D eigenvalue weighted by Gasteiger charge is -2.46. The van der Waals surface area contributed by atoms with E-state index < -0.39 is 10.0 Å².